The summed E-state index contributed by atoms with van der Waals surface area (Å²) in [4.78, 5) is 26.8. The van der Waals surface area contributed by atoms with Crippen molar-refractivity contribution in [2.45, 2.75) is 0 Å². The molecule has 2 aromatic heterocycles. The molecular formula is C12H7Cl2N5O2. The predicted molar refractivity (Wildman–Crippen MR) is 77.8 cm³/mol. The molecule has 0 saturated heterocycles. The quantitative estimate of drug-likeness (QED) is 0.629. The van der Waals surface area contributed by atoms with Gasteiger partial charge in [-0.1, -0.05) is 23.2 Å². The minimum absolute atomic E-state index is 0.0220. The summed E-state index contributed by atoms with van der Waals surface area (Å²) in [6.07, 6.45) is 1.43. The van der Waals surface area contributed by atoms with Crippen LogP contribution in [0.25, 0.3) is 11.2 Å². The number of carbonyl (C=O) groups is 1. The van der Waals surface area contributed by atoms with Crippen molar-refractivity contribution < 1.29 is 9.90 Å². The Balaban J connectivity index is 1.90. The summed E-state index contributed by atoms with van der Waals surface area (Å²) < 4.78 is 0. The molecule has 1 aromatic carbocycles. The van der Waals surface area contributed by atoms with Gasteiger partial charge in [-0.2, -0.15) is 9.97 Å². The van der Waals surface area contributed by atoms with Crippen LogP contribution in [0.5, 0.6) is 5.75 Å². The number of halogens is 2. The number of hydrogen-bond acceptors (Lipinski definition) is 5. The fourth-order valence-corrected chi connectivity index (χ4v) is 2.08. The number of imidazole rings is 1. The Morgan fingerprint density at radius 2 is 2.10 bits per heavy atom. The topological polar surface area (TPSA) is 104 Å². The fraction of sp³-hybridized carbons (Fsp3) is 0. The van der Waals surface area contributed by atoms with Crippen LogP contribution < -0.4 is 5.32 Å². The molecule has 0 aliphatic carbocycles. The number of anilines is 1. The molecule has 3 aromatic rings. The number of phenols is 1. The van der Waals surface area contributed by atoms with E-state index in [1.165, 1.54) is 24.5 Å². The molecule has 0 spiro atoms. The number of benzene rings is 1. The largest absolute Gasteiger partial charge is 0.506 e. The van der Waals surface area contributed by atoms with E-state index < -0.39 is 5.91 Å². The molecule has 0 saturated carbocycles. The van der Waals surface area contributed by atoms with Crippen LogP contribution in [0.3, 0.4) is 0 Å². The van der Waals surface area contributed by atoms with Crippen LogP contribution in [0.15, 0.2) is 24.5 Å². The zero-order valence-corrected chi connectivity index (χ0v) is 11.8. The number of hydrogen-bond donors (Lipinski definition) is 3. The van der Waals surface area contributed by atoms with Gasteiger partial charge in [-0.15, -0.1) is 0 Å². The second kappa shape index (κ2) is 5.19. The minimum Gasteiger partial charge on any atom is -0.506 e. The first-order valence-corrected chi connectivity index (χ1v) is 6.46. The average molecular weight is 324 g/mol. The summed E-state index contributed by atoms with van der Waals surface area (Å²) in [6.45, 7) is 0. The number of rotatable bonds is 2. The highest BCUT2D eigenvalue weighted by molar-refractivity contribution is 6.33. The molecule has 0 aliphatic heterocycles. The maximum Gasteiger partial charge on any atom is 0.258 e. The number of aromatic hydroxyl groups is 1. The lowest BCUT2D eigenvalue weighted by Crippen LogP contribution is -2.14. The maximum absolute atomic E-state index is 12.1. The lowest BCUT2D eigenvalue weighted by Gasteiger charge is -2.05. The molecular weight excluding hydrogens is 317 g/mol. The number of aromatic nitrogens is 4. The maximum atomic E-state index is 12.1. The molecule has 1 amide bonds. The number of nitrogens with zero attached hydrogens (tertiary/aromatic N) is 3. The normalized spacial score (nSPS) is 10.8. The Morgan fingerprint density at radius 3 is 2.86 bits per heavy atom. The van der Waals surface area contributed by atoms with Crippen molar-refractivity contribution in [1.29, 1.82) is 0 Å². The molecule has 0 aliphatic rings. The van der Waals surface area contributed by atoms with Gasteiger partial charge in [0.2, 0.25) is 5.95 Å². The first-order valence-electron chi connectivity index (χ1n) is 5.71. The highest BCUT2D eigenvalue weighted by atomic mass is 35.5. The number of amides is 1. The standard InChI is InChI=1S/C12H7Cl2N5O2/c13-6-3-5(1-2-7(6)20)11(21)19-12-17-9(14)8-10(18-12)16-4-15-8/h1-4,20H,(H2,15,16,17,18,19,21). The van der Waals surface area contributed by atoms with Gasteiger partial charge in [-0.05, 0) is 18.2 Å². The lowest BCUT2D eigenvalue weighted by atomic mass is 10.2. The predicted octanol–water partition coefficient (Wildman–Crippen LogP) is 2.62. The highest BCUT2D eigenvalue weighted by Gasteiger charge is 2.13. The number of H-pyrrole nitrogens is 1. The van der Waals surface area contributed by atoms with Crippen LogP contribution in [0.2, 0.25) is 10.2 Å². The summed E-state index contributed by atoms with van der Waals surface area (Å²) in [5, 5.41) is 12.0. The highest BCUT2D eigenvalue weighted by Crippen LogP contribution is 2.24. The fourth-order valence-electron chi connectivity index (χ4n) is 1.68. The van der Waals surface area contributed by atoms with Gasteiger partial charge in [-0.3, -0.25) is 10.1 Å². The van der Waals surface area contributed by atoms with Gasteiger partial charge in [0.1, 0.15) is 11.3 Å². The van der Waals surface area contributed by atoms with Gasteiger partial charge in [0.05, 0.1) is 11.3 Å². The molecule has 106 valence electrons. The second-order valence-electron chi connectivity index (χ2n) is 4.06. The molecule has 3 N–H and O–H groups in total. The molecule has 2 heterocycles. The van der Waals surface area contributed by atoms with Crippen LogP contribution in [0, 0.1) is 0 Å². The number of aromatic amines is 1. The number of carbonyl (C=O) groups excluding carboxylic acids is 1. The van der Waals surface area contributed by atoms with Crippen molar-refractivity contribution in [1.82, 2.24) is 19.9 Å². The third-order valence-electron chi connectivity index (χ3n) is 2.68. The van der Waals surface area contributed by atoms with Crippen LogP contribution in [0.1, 0.15) is 10.4 Å². The van der Waals surface area contributed by atoms with Crippen LogP contribution in [-0.4, -0.2) is 30.9 Å². The Labute approximate surface area is 128 Å². The first-order chi connectivity index (χ1) is 10.0. The van der Waals surface area contributed by atoms with Gasteiger partial charge in [0.25, 0.3) is 5.91 Å². The molecule has 0 fully saturated rings. The zero-order valence-electron chi connectivity index (χ0n) is 10.3. The van der Waals surface area contributed by atoms with Crippen molar-refractivity contribution in [2.24, 2.45) is 0 Å². The van der Waals surface area contributed by atoms with Crippen molar-refractivity contribution in [3.8, 4) is 5.75 Å². The number of fused-ring (bicyclic) bond motifs is 1. The Bertz CT molecular complexity index is 849. The summed E-state index contributed by atoms with van der Waals surface area (Å²) in [5.41, 5.74) is 1.08. The molecule has 21 heavy (non-hydrogen) atoms. The molecule has 0 radical (unpaired) electrons. The minimum atomic E-state index is -0.483. The Kier molecular flexibility index (Phi) is 3.36. The van der Waals surface area contributed by atoms with E-state index in [1.807, 2.05) is 0 Å². The summed E-state index contributed by atoms with van der Waals surface area (Å²) in [7, 11) is 0. The van der Waals surface area contributed by atoms with Crippen LogP contribution >= 0.6 is 23.2 Å². The van der Waals surface area contributed by atoms with E-state index in [0.29, 0.717) is 11.2 Å². The van der Waals surface area contributed by atoms with Gasteiger partial charge in [0.15, 0.2) is 10.8 Å². The van der Waals surface area contributed by atoms with Gasteiger partial charge in [-0.25, -0.2) is 4.98 Å². The van der Waals surface area contributed by atoms with Crippen molar-refractivity contribution in [3.63, 3.8) is 0 Å². The summed E-state index contributed by atoms with van der Waals surface area (Å²) in [6, 6.07) is 4.08. The average Bonchev–Trinajstić information content (AvgIpc) is 2.90. The zero-order chi connectivity index (χ0) is 15.0. The van der Waals surface area contributed by atoms with Gasteiger partial charge < -0.3 is 10.1 Å². The van der Waals surface area contributed by atoms with E-state index in [2.05, 4.69) is 25.3 Å². The Hall–Kier alpha value is -2.38. The van der Waals surface area contributed by atoms with Gasteiger partial charge in [0, 0.05) is 5.56 Å². The number of phenolic OH excluding ortho intramolecular Hbond substituents is 1. The third-order valence-corrected chi connectivity index (χ3v) is 3.25. The second-order valence-corrected chi connectivity index (χ2v) is 4.82. The summed E-state index contributed by atoms with van der Waals surface area (Å²) in [5.74, 6) is -0.567. The van der Waals surface area contributed by atoms with E-state index in [-0.39, 0.29) is 27.4 Å². The van der Waals surface area contributed by atoms with E-state index >= 15 is 0 Å². The molecule has 9 heteroatoms. The van der Waals surface area contributed by atoms with Crippen molar-refractivity contribution >= 4 is 46.2 Å². The first kappa shape index (κ1) is 13.6. The SMILES string of the molecule is O=C(Nc1nc(Cl)c2[nH]cnc2n1)c1ccc(O)c(Cl)c1. The molecule has 7 nitrogen and oxygen atoms in total. The molecule has 0 bridgehead atoms. The molecule has 3 rings (SSSR count). The summed E-state index contributed by atoms with van der Waals surface area (Å²) >= 11 is 11.7. The van der Waals surface area contributed by atoms with Crippen molar-refractivity contribution in [2.75, 3.05) is 5.32 Å². The van der Waals surface area contributed by atoms with Gasteiger partial charge >= 0.3 is 0 Å². The van der Waals surface area contributed by atoms with E-state index in [9.17, 15) is 9.90 Å². The molecule has 0 unspecified atom stereocenters. The number of nitrogens with one attached hydrogen (secondary N) is 2. The van der Waals surface area contributed by atoms with Crippen molar-refractivity contribution in [3.05, 3.63) is 40.3 Å². The monoisotopic (exact) mass is 323 g/mol. The van der Waals surface area contributed by atoms with Crippen LogP contribution in [-0.2, 0) is 0 Å². The van der Waals surface area contributed by atoms with E-state index in [0.717, 1.165) is 0 Å². The van der Waals surface area contributed by atoms with E-state index in [4.69, 9.17) is 23.2 Å². The Morgan fingerprint density at radius 1 is 1.29 bits per heavy atom. The van der Waals surface area contributed by atoms with Crippen LogP contribution in [0.4, 0.5) is 5.95 Å². The lowest BCUT2D eigenvalue weighted by molar-refractivity contribution is 0.102. The third kappa shape index (κ3) is 2.61. The molecule has 0 atom stereocenters. The van der Waals surface area contributed by atoms with E-state index in [1.54, 1.807) is 0 Å². The smallest absolute Gasteiger partial charge is 0.258 e.